The molecule has 2 aromatic heterocycles. The molecule has 0 atom stereocenters. The fraction of sp³-hybridized carbons (Fsp3) is 0.455. The summed E-state index contributed by atoms with van der Waals surface area (Å²) < 4.78 is 5.68. The molecule has 2 heterocycles. The third-order valence-corrected chi connectivity index (χ3v) is 3.06. The Balaban J connectivity index is 2.29. The highest BCUT2D eigenvalue weighted by Crippen LogP contribution is 2.28. The Morgan fingerprint density at radius 3 is 3.06 bits per heavy atom. The minimum absolute atomic E-state index is 0.612. The van der Waals surface area contributed by atoms with E-state index in [9.17, 15) is 0 Å². The quantitative estimate of drug-likeness (QED) is 0.812. The zero-order chi connectivity index (χ0) is 11.4. The van der Waals surface area contributed by atoms with Crippen LogP contribution in [0.5, 0.6) is 5.88 Å². The molecule has 86 valence electrons. The van der Waals surface area contributed by atoms with Crippen molar-refractivity contribution in [3.05, 3.63) is 11.4 Å². The second kappa shape index (κ2) is 5.12. The van der Waals surface area contributed by atoms with Crippen molar-refractivity contribution in [2.24, 2.45) is 0 Å². The van der Waals surface area contributed by atoms with E-state index in [0.717, 1.165) is 23.1 Å². The molecule has 2 rings (SSSR count). The summed E-state index contributed by atoms with van der Waals surface area (Å²) in [5.74, 6) is 1.30. The summed E-state index contributed by atoms with van der Waals surface area (Å²) in [6.07, 6.45) is 2.17. The lowest BCUT2D eigenvalue weighted by Crippen LogP contribution is -2.02. The molecular formula is C11H15N3OS. The van der Waals surface area contributed by atoms with Gasteiger partial charge in [-0.1, -0.05) is 13.3 Å². The van der Waals surface area contributed by atoms with Gasteiger partial charge < -0.3 is 10.1 Å². The van der Waals surface area contributed by atoms with Crippen LogP contribution in [-0.2, 0) is 0 Å². The molecule has 16 heavy (non-hydrogen) atoms. The van der Waals surface area contributed by atoms with E-state index in [0.29, 0.717) is 18.4 Å². The van der Waals surface area contributed by atoms with Gasteiger partial charge >= 0.3 is 0 Å². The first-order chi connectivity index (χ1) is 7.85. The zero-order valence-electron chi connectivity index (χ0n) is 9.49. The lowest BCUT2D eigenvalue weighted by molar-refractivity contribution is 0.302. The van der Waals surface area contributed by atoms with Gasteiger partial charge in [0, 0.05) is 7.05 Å². The normalized spacial score (nSPS) is 10.6. The molecule has 0 spiro atoms. The van der Waals surface area contributed by atoms with Gasteiger partial charge in [-0.05, 0) is 17.9 Å². The standard InChI is InChI=1S/C11H15N3OS/c1-3-4-6-15-9-8-5-7-16-10(8)14-11(12-2)13-9/h5,7H,3-4,6H2,1-2H3,(H,12,13,14). The van der Waals surface area contributed by atoms with Crippen LogP contribution >= 0.6 is 11.3 Å². The van der Waals surface area contributed by atoms with E-state index < -0.39 is 0 Å². The summed E-state index contributed by atoms with van der Waals surface area (Å²) >= 11 is 1.60. The van der Waals surface area contributed by atoms with Crippen LogP contribution in [-0.4, -0.2) is 23.6 Å². The zero-order valence-corrected chi connectivity index (χ0v) is 10.3. The average Bonchev–Trinajstić information content (AvgIpc) is 2.77. The van der Waals surface area contributed by atoms with Gasteiger partial charge in [0.25, 0.3) is 0 Å². The SMILES string of the molecule is CCCCOc1nc(NC)nc2sccc12. The Morgan fingerprint density at radius 1 is 1.44 bits per heavy atom. The van der Waals surface area contributed by atoms with Crippen molar-refractivity contribution < 1.29 is 4.74 Å². The number of unbranched alkanes of at least 4 members (excludes halogenated alkanes) is 1. The van der Waals surface area contributed by atoms with Crippen LogP contribution in [0.25, 0.3) is 10.2 Å². The third kappa shape index (κ3) is 2.24. The maximum Gasteiger partial charge on any atom is 0.227 e. The van der Waals surface area contributed by atoms with Gasteiger partial charge in [-0.15, -0.1) is 11.3 Å². The smallest absolute Gasteiger partial charge is 0.227 e. The summed E-state index contributed by atoms with van der Waals surface area (Å²) in [6.45, 7) is 2.85. The van der Waals surface area contributed by atoms with E-state index in [1.165, 1.54) is 0 Å². The second-order valence-electron chi connectivity index (χ2n) is 3.44. The topological polar surface area (TPSA) is 47.0 Å². The molecule has 4 nitrogen and oxygen atoms in total. The highest BCUT2D eigenvalue weighted by molar-refractivity contribution is 7.16. The number of anilines is 1. The molecule has 0 saturated heterocycles. The maximum absolute atomic E-state index is 5.68. The van der Waals surface area contributed by atoms with Crippen molar-refractivity contribution in [2.45, 2.75) is 19.8 Å². The first kappa shape index (κ1) is 11.1. The fourth-order valence-corrected chi connectivity index (χ4v) is 2.12. The molecule has 0 aliphatic carbocycles. The molecular weight excluding hydrogens is 222 g/mol. The monoisotopic (exact) mass is 237 g/mol. The van der Waals surface area contributed by atoms with Crippen molar-refractivity contribution in [3.8, 4) is 5.88 Å². The van der Waals surface area contributed by atoms with Gasteiger partial charge in [0.15, 0.2) is 0 Å². The maximum atomic E-state index is 5.68. The van der Waals surface area contributed by atoms with Crippen LogP contribution in [0.3, 0.4) is 0 Å². The molecule has 0 radical (unpaired) electrons. The second-order valence-corrected chi connectivity index (χ2v) is 4.34. The molecule has 0 bridgehead atoms. The third-order valence-electron chi connectivity index (χ3n) is 2.25. The Labute approximate surface area is 98.7 Å². The molecule has 0 aromatic carbocycles. The van der Waals surface area contributed by atoms with E-state index in [-0.39, 0.29) is 0 Å². The van der Waals surface area contributed by atoms with Crippen LogP contribution in [0.2, 0.25) is 0 Å². The molecule has 5 heteroatoms. The molecule has 2 aromatic rings. The lowest BCUT2D eigenvalue weighted by Gasteiger charge is -2.07. The average molecular weight is 237 g/mol. The van der Waals surface area contributed by atoms with Gasteiger partial charge in [0.1, 0.15) is 4.83 Å². The Morgan fingerprint density at radius 2 is 2.31 bits per heavy atom. The number of ether oxygens (including phenoxy) is 1. The van der Waals surface area contributed by atoms with Gasteiger partial charge in [-0.3, -0.25) is 0 Å². The van der Waals surface area contributed by atoms with E-state index in [4.69, 9.17) is 4.74 Å². The van der Waals surface area contributed by atoms with Crippen molar-refractivity contribution in [3.63, 3.8) is 0 Å². The number of thiophene rings is 1. The Bertz CT molecular complexity index is 469. The molecule has 0 unspecified atom stereocenters. The van der Waals surface area contributed by atoms with Crippen LogP contribution in [0.15, 0.2) is 11.4 Å². The number of fused-ring (bicyclic) bond motifs is 1. The minimum Gasteiger partial charge on any atom is -0.477 e. The highest BCUT2D eigenvalue weighted by atomic mass is 32.1. The summed E-state index contributed by atoms with van der Waals surface area (Å²) in [4.78, 5) is 9.65. The van der Waals surface area contributed by atoms with Gasteiger partial charge in [-0.25, -0.2) is 4.98 Å². The fourth-order valence-electron chi connectivity index (χ4n) is 1.36. The van der Waals surface area contributed by atoms with E-state index in [1.54, 1.807) is 11.3 Å². The minimum atomic E-state index is 0.612. The first-order valence-electron chi connectivity index (χ1n) is 5.41. The summed E-state index contributed by atoms with van der Waals surface area (Å²) in [6, 6.07) is 2.00. The molecule has 0 aliphatic rings. The lowest BCUT2D eigenvalue weighted by atomic mass is 10.3. The molecule has 1 N–H and O–H groups in total. The van der Waals surface area contributed by atoms with Crippen molar-refractivity contribution in [1.82, 2.24) is 9.97 Å². The van der Waals surface area contributed by atoms with Gasteiger partial charge in [0.2, 0.25) is 11.8 Å². The highest BCUT2D eigenvalue weighted by Gasteiger charge is 2.08. The van der Waals surface area contributed by atoms with Crippen molar-refractivity contribution >= 4 is 27.5 Å². The van der Waals surface area contributed by atoms with Gasteiger partial charge in [-0.2, -0.15) is 4.98 Å². The number of hydrogen-bond donors (Lipinski definition) is 1. The Kier molecular flexibility index (Phi) is 3.56. The summed E-state index contributed by atoms with van der Waals surface area (Å²) in [5, 5.41) is 5.95. The van der Waals surface area contributed by atoms with Crippen LogP contribution in [0.1, 0.15) is 19.8 Å². The van der Waals surface area contributed by atoms with E-state index in [2.05, 4.69) is 22.2 Å². The first-order valence-corrected chi connectivity index (χ1v) is 6.29. The number of nitrogens with one attached hydrogen (secondary N) is 1. The van der Waals surface area contributed by atoms with Crippen LogP contribution in [0.4, 0.5) is 5.95 Å². The van der Waals surface area contributed by atoms with Crippen molar-refractivity contribution in [2.75, 3.05) is 19.0 Å². The number of nitrogens with zero attached hydrogens (tertiary/aromatic N) is 2. The summed E-state index contributed by atoms with van der Waals surface area (Å²) in [7, 11) is 1.81. The van der Waals surface area contributed by atoms with Gasteiger partial charge in [0.05, 0.1) is 12.0 Å². The Hall–Kier alpha value is -1.36. The van der Waals surface area contributed by atoms with Crippen molar-refractivity contribution in [1.29, 1.82) is 0 Å². The molecule has 0 aliphatic heterocycles. The molecule has 0 amide bonds. The predicted octanol–water partition coefficient (Wildman–Crippen LogP) is 2.91. The van der Waals surface area contributed by atoms with Crippen LogP contribution in [0, 0.1) is 0 Å². The number of hydrogen-bond acceptors (Lipinski definition) is 5. The van der Waals surface area contributed by atoms with E-state index >= 15 is 0 Å². The van der Waals surface area contributed by atoms with Crippen LogP contribution < -0.4 is 10.1 Å². The summed E-state index contributed by atoms with van der Waals surface area (Å²) in [5.41, 5.74) is 0. The van der Waals surface area contributed by atoms with E-state index in [1.807, 2.05) is 18.5 Å². The molecule has 0 fully saturated rings. The number of rotatable bonds is 5. The molecule has 0 saturated carbocycles. The largest absolute Gasteiger partial charge is 0.477 e. The predicted molar refractivity (Wildman–Crippen MR) is 67.4 cm³/mol. The number of aromatic nitrogens is 2.